The van der Waals surface area contributed by atoms with Crippen LogP contribution in [-0.2, 0) is 21.0 Å². The number of nitrogens with zero attached hydrogens (tertiary/aromatic N) is 2. The summed E-state index contributed by atoms with van der Waals surface area (Å²) in [6.07, 6.45) is -1.88. The Hall–Kier alpha value is -1.61. The maximum absolute atomic E-state index is 12.7. The summed E-state index contributed by atoms with van der Waals surface area (Å²) in [4.78, 5) is 13.5. The Morgan fingerprint density at radius 3 is 2.28 bits per heavy atom. The molecule has 25 heavy (non-hydrogen) atoms. The molecular weight excluding hydrogens is 357 g/mol. The number of rotatable bonds is 3. The van der Waals surface area contributed by atoms with Crippen molar-refractivity contribution in [2.45, 2.75) is 42.8 Å². The number of piperidine rings is 1. The number of carbonyl (C=O) groups is 1. The van der Waals surface area contributed by atoms with Gasteiger partial charge in [0.1, 0.15) is 0 Å². The molecule has 0 radical (unpaired) electrons. The van der Waals surface area contributed by atoms with Crippen molar-refractivity contribution in [2.75, 3.05) is 19.6 Å². The van der Waals surface area contributed by atoms with Gasteiger partial charge in [-0.25, -0.2) is 8.42 Å². The van der Waals surface area contributed by atoms with Gasteiger partial charge in [-0.3, -0.25) is 4.79 Å². The lowest BCUT2D eigenvalue weighted by atomic mass is 10.1. The molecule has 1 aromatic rings. The Morgan fingerprint density at radius 1 is 1.04 bits per heavy atom. The molecule has 2 aliphatic rings. The summed E-state index contributed by atoms with van der Waals surface area (Å²) in [5.41, 5.74) is -0.884. The predicted molar refractivity (Wildman–Crippen MR) is 84.2 cm³/mol. The molecule has 2 saturated heterocycles. The van der Waals surface area contributed by atoms with Gasteiger partial charge in [0, 0.05) is 32.1 Å². The number of carbonyl (C=O) groups excluding carboxylic acids is 1. The second-order valence-electron chi connectivity index (χ2n) is 6.37. The van der Waals surface area contributed by atoms with E-state index in [1.54, 1.807) is 4.90 Å². The molecule has 138 valence electrons. The molecule has 0 aromatic heterocycles. The lowest BCUT2D eigenvalue weighted by molar-refractivity contribution is -0.137. The van der Waals surface area contributed by atoms with E-state index in [2.05, 4.69) is 0 Å². The summed E-state index contributed by atoms with van der Waals surface area (Å²) < 4.78 is 64.6. The van der Waals surface area contributed by atoms with Crippen molar-refractivity contribution in [1.82, 2.24) is 9.21 Å². The number of amides is 1. The number of sulfonamides is 1. The maximum atomic E-state index is 12.7. The summed E-state index contributed by atoms with van der Waals surface area (Å²) in [5, 5.41) is 0. The van der Waals surface area contributed by atoms with Crippen molar-refractivity contribution in [2.24, 2.45) is 0 Å². The first-order valence-corrected chi connectivity index (χ1v) is 9.60. The van der Waals surface area contributed by atoms with Gasteiger partial charge in [-0.2, -0.15) is 17.5 Å². The van der Waals surface area contributed by atoms with E-state index in [4.69, 9.17) is 0 Å². The van der Waals surface area contributed by atoms with Crippen molar-refractivity contribution in [3.8, 4) is 0 Å². The number of benzene rings is 1. The van der Waals surface area contributed by atoms with Crippen LogP contribution in [0, 0.1) is 0 Å². The predicted octanol–water partition coefficient (Wildman–Crippen LogP) is 2.48. The van der Waals surface area contributed by atoms with Crippen LogP contribution in [0.15, 0.2) is 29.2 Å². The molecule has 3 rings (SSSR count). The van der Waals surface area contributed by atoms with Crippen LogP contribution in [0.3, 0.4) is 0 Å². The van der Waals surface area contributed by atoms with Gasteiger partial charge in [-0.15, -0.1) is 0 Å². The van der Waals surface area contributed by atoms with E-state index in [0.29, 0.717) is 25.9 Å². The fourth-order valence-electron chi connectivity index (χ4n) is 3.41. The molecule has 0 aliphatic carbocycles. The minimum atomic E-state index is -4.51. The zero-order valence-electron chi connectivity index (χ0n) is 13.5. The van der Waals surface area contributed by atoms with E-state index in [-0.39, 0.29) is 23.4 Å². The quantitative estimate of drug-likeness (QED) is 0.814. The monoisotopic (exact) mass is 376 g/mol. The third kappa shape index (κ3) is 3.67. The van der Waals surface area contributed by atoms with Crippen molar-refractivity contribution in [1.29, 1.82) is 0 Å². The molecule has 1 atom stereocenters. The van der Waals surface area contributed by atoms with Gasteiger partial charge in [-0.1, -0.05) is 0 Å². The highest BCUT2D eigenvalue weighted by molar-refractivity contribution is 7.89. The number of alkyl halides is 3. The summed E-state index contributed by atoms with van der Waals surface area (Å²) in [6.45, 7) is 1.13. The van der Waals surface area contributed by atoms with E-state index < -0.39 is 21.8 Å². The number of halogens is 3. The average molecular weight is 376 g/mol. The number of hydrogen-bond acceptors (Lipinski definition) is 3. The van der Waals surface area contributed by atoms with Gasteiger partial charge in [0.15, 0.2) is 0 Å². The van der Waals surface area contributed by atoms with Gasteiger partial charge in [0.05, 0.1) is 10.5 Å². The summed E-state index contributed by atoms with van der Waals surface area (Å²) in [5.74, 6) is 0.0405. The lowest BCUT2D eigenvalue weighted by Gasteiger charge is -2.36. The standard InChI is InChI=1S/C16H19F3N2O3S/c17-16(18,19)12-5-7-14(8-6-12)25(23,24)20-9-1-3-13(11-20)21-10-2-4-15(21)22/h5-8,13H,1-4,9-11H2/t13-/m0/s1. The Balaban J connectivity index is 1.78. The molecule has 0 spiro atoms. The SMILES string of the molecule is O=C1CCCN1[C@H]1CCCN(S(=O)(=O)c2ccc(C(F)(F)F)cc2)C1. The first-order chi connectivity index (χ1) is 11.7. The second kappa shape index (κ2) is 6.60. The molecule has 2 heterocycles. The largest absolute Gasteiger partial charge is 0.416 e. The first-order valence-electron chi connectivity index (χ1n) is 8.16. The van der Waals surface area contributed by atoms with E-state index >= 15 is 0 Å². The van der Waals surface area contributed by atoms with Crippen molar-refractivity contribution < 1.29 is 26.4 Å². The Bertz CT molecular complexity index is 747. The average Bonchev–Trinajstić information content (AvgIpc) is 3.00. The molecule has 1 aromatic carbocycles. The number of hydrogen-bond donors (Lipinski definition) is 0. The van der Waals surface area contributed by atoms with Gasteiger partial charge >= 0.3 is 6.18 Å². The topological polar surface area (TPSA) is 57.7 Å². The maximum Gasteiger partial charge on any atom is 0.416 e. The molecule has 2 aliphatic heterocycles. The zero-order chi connectivity index (χ0) is 18.2. The summed E-state index contributed by atoms with van der Waals surface area (Å²) >= 11 is 0. The Labute approximate surface area is 144 Å². The highest BCUT2D eigenvalue weighted by atomic mass is 32.2. The zero-order valence-corrected chi connectivity index (χ0v) is 14.3. The third-order valence-corrected chi connectivity index (χ3v) is 6.61. The Morgan fingerprint density at radius 2 is 1.72 bits per heavy atom. The number of likely N-dealkylation sites (tertiary alicyclic amines) is 1. The van der Waals surface area contributed by atoms with Crippen LogP contribution in [-0.4, -0.2) is 49.2 Å². The van der Waals surface area contributed by atoms with Gasteiger partial charge in [0.2, 0.25) is 15.9 Å². The van der Waals surface area contributed by atoms with E-state index in [1.165, 1.54) is 4.31 Å². The fourth-order valence-corrected chi connectivity index (χ4v) is 4.93. The van der Waals surface area contributed by atoms with E-state index in [0.717, 1.165) is 37.1 Å². The highest BCUT2D eigenvalue weighted by Gasteiger charge is 2.36. The minimum Gasteiger partial charge on any atom is -0.338 e. The van der Waals surface area contributed by atoms with Crippen LogP contribution in [0.4, 0.5) is 13.2 Å². The molecule has 0 saturated carbocycles. The molecule has 9 heteroatoms. The third-order valence-electron chi connectivity index (χ3n) is 4.73. The summed E-state index contributed by atoms with van der Waals surface area (Å²) in [6, 6.07) is 3.37. The molecule has 5 nitrogen and oxygen atoms in total. The van der Waals surface area contributed by atoms with E-state index in [9.17, 15) is 26.4 Å². The van der Waals surface area contributed by atoms with Crippen molar-refractivity contribution in [3.05, 3.63) is 29.8 Å². The molecule has 2 fully saturated rings. The van der Waals surface area contributed by atoms with Gasteiger partial charge < -0.3 is 4.90 Å². The van der Waals surface area contributed by atoms with Gasteiger partial charge in [0.25, 0.3) is 0 Å². The van der Waals surface area contributed by atoms with Crippen LogP contribution in [0.25, 0.3) is 0 Å². The normalized spacial score (nSPS) is 23.2. The van der Waals surface area contributed by atoms with E-state index in [1.807, 2.05) is 0 Å². The fraction of sp³-hybridized carbons (Fsp3) is 0.562. The van der Waals surface area contributed by atoms with Crippen molar-refractivity contribution >= 4 is 15.9 Å². The molecule has 1 amide bonds. The molecule has 0 bridgehead atoms. The molecule has 0 N–H and O–H groups in total. The second-order valence-corrected chi connectivity index (χ2v) is 8.31. The van der Waals surface area contributed by atoms with Crippen molar-refractivity contribution in [3.63, 3.8) is 0 Å². The molecule has 0 unspecified atom stereocenters. The van der Waals surface area contributed by atoms with Crippen LogP contribution in [0.2, 0.25) is 0 Å². The van der Waals surface area contributed by atoms with Crippen LogP contribution in [0.1, 0.15) is 31.2 Å². The lowest BCUT2D eigenvalue weighted by Crippen LogP contribution is -2.50. The van der Waals surface area contributed by atoms with Gasteiger partial charge in [-0.05, 0) is 43.5 Å². The smallest absolute Gasteiger partial charge is 0.338 e. The summed E-state index contributed by atoms with van der Waals surface area (Å²) in [7, 11) is -3.88. The first kappa shape index (κ1) is 18.2. The van der Waals surface area contributed by atoms with Crippen LogP contribution >= 0.6 is 0 Å². The van der Waals surface area contributed by atoms with Crippen LogP contribution in [0.5, 0.6) is 0 Å². The molecular formula is C16H19F3N2O3S. The minimum absolute atomic E-state index is 0.0405. The highest BCUT2D eigenvalue weighted by Crippen LogP contribution is 2.31. The van der Waals surface area contributed by atoms with Crippen LogP contribution < -0.4 is 0 Å². The Kier molecular flexibility index (Phi) is 4.80.